The number of carbonyl (C=O) groups is 1. The Balaban J connectivity index is 2.17. The van der Waals surface area contributed by atoms with Crippen molar-refractivity contribution in [2.45, 2.75) is 46.1 Å². The van der Waals surface area contributed by atoms with Crippen molar-refractivity contribution in [3.8, 4) is 0 Å². The molecule has 1 amide bonds. The predicted octanol–water partition coefficient (Wildman–Crippen LogP) is 3.70. The maximum absolute atomic E-state index is 12.4. The van der Waals surface area contributed by atoms with Crippen LogP contribution in [0.5, 0.6) is 0 Å². The molecule has 0 saturated carbocycles. The highest BCUT2D eigenvalue weighted by molar-refractivity contribution is 5.79. The van der Waals surface area contributed by atoms with Gasteiger partial charge in [0.1, 0.15) is 0 Å². The number of carbonyl (C=O) groups excluding carboxylic acids is 1. The molecule has 2 rings (SSSR count). The molecule has 1 aromatic rings. The third-order valence-electron chi connectivity index (χ3n) is 4.03. The largest absolute Gasteiger partial charge is 0.335 e. The van der Waals surface area contributed by atoms with E-state index in [0.29, 0.717) is 11.9 Å². The van der Waals surface area contributed by atoms with Crippen LogP contribution in [0.25, 0.3) is 0 Å². The van der Waals surface area contributed by atoms with E-state index in [1.165, 1.54) is 11.1 Å². The van der Waals surface area contributed by atoms with Crippen LogP contribution in [0.2, 0.25) is 0 Å². The maximum atomic E-state index is 12.4. The van der Waals surface area contributed by atoms with Gasteiger partial charge in [0.25, 0.3) is 0 Å². The lowest BCUT2D eigenvalue weighted by Gasteiger charge is -2.27. The SMILES string of the molecule is CCC(C)C(=O)N1CCCC1c1ccc(C)cc1. The molecule has 0 aromatic heterocycles. The molecule has 2 heteroatoms. The van der Waals surface area contributed by atoms with E-state index in [1.54, 1.807) is 0 Å². The molecule has 1 heterocycles. The van der Waals surface area contributed by atoms with Crippen molar-refractivity contribution >= 4 is 5.91 Å². The molecule has 18 heavy (non-hydrogen) atoms. The topological polar surface area (TPSA) is 20.3 Å². The molecule has 2 nitrogen and oxygen atoms in total. The Morgan fingerprint density at radius 3 is 2.67 bits per heavy atom. The average molecular weight is 245 g/mol. The lowest BCUT2D eigenvalue weighted by atomic mass is 10.0. The summed E-state index contributed by atoms with van der Waals surface area (Å²) in [7, 11) is 0. The number of amides is 1. The summed E-state index contributed by atoms with van der Waals surface area (Å²) in [6.07, 6.45) is 3.15. The van der Waals surface area contributed by atoms with Gasteiger partial charge in [-0.25, -0.2) is 0 Å². The molecular weight excluding hydrogens is 222 g/mol. The Morgan fingerprint density at radius 2 is 2.06 bits per heavy atom. The van der Waals surface area contributed by atoms with Crippen LogP contribution in [-0.4, -0.2) is 17.4 Å². The van der Waals surface area contributed by atoms with E-state index in [9.17, 15) is 4.79 Å². The predicted molar refractivity (Wildman–Crippen MR) is 74.3 cm³/mol. The van der Waals surface area contributed by atoms with Gasteiger partial charge in [0.15, 0.2) is 0 Å². The summed E-state index contributed by atoms with van der Waals surface area (Å²) in [5.41, 5.74) is 2.56. The molecule has 0 radical (unpaired) electrons. The molecule has 98 valence electrons. The Labute approximate surface area is 110 Å². The normalized spacial score (nSPS) is 21.1. The second kappa shape index (κ2) is 5.55. The molecule has 0 N–H and O–H groups in total. The van der Waals surface area contributed by atoms with Gasteiger partial charge in [-0.15, -0.1) is 0 Å². The number of nitrogens with zero attached hydrogens (tertiary/aromatic N) is 1. The van der Waals surface area contributed by atoms with Crippen molar-refractivity contribution in [2.24, 2.45) is 5.92 Å². The lowest BCUT2D eigenvalue weighted by Crippen LogP contribution is -2.34. The minimum atomic E-state index is 0.149. The van der Waals surface area contributed by atoms with Gasteiger partial charge in [0.2, 0.25) is 5.91 Å². The van der Waals surface area contributed by atoms with E-state index in [2.05, 4.69) is 43.0 Å². The Kier molecular flexibility index (Phi) is 4.05. The third kappa shape index (κ3) is 2.58. The summed E-state index contributed by atoms with van der Waals surface area (Å²) in [6.45, 7) is 7.13. The number of hydrogen-bond acceptors (Lipinski definition) is 1. The molecule has 1 aromatic carbocycles. The average Bonchev–Trinajstić information content (AvgIpc) is 2.87. The first-order valence-electron chi connectivity index (χ1n) is 7.00. The number of hydrogen-bond donors (Lipinski definition) is 0. The second-order valence-electron chi connectivity index (χ2n) is 5.41. The summed E-state index contributed by atoms with van der Waals surface area (Å²) < 4.78 is 0. The standard InChI is InChI=1S/C16H23NO/c1-4-13(3)16(18)17-11-5-6-15(17)14-9-7-12(2)8-10-14/h7-10,13,15H,4-6,11H2,1-3H3. The van der Waals surface area contributed by atoms with Gasteiger partial charge < -0.3 is 4.90 Å². The van der Waals surface area contributed by atoms with Crippen LogP contribution in [0, 0.1) is 12.8 Å². The van der Waals surface area contributed by atoms with E-state index in [0.717, 1.165) is 25.8 Å². The van der Waals surface area contributed by atoms with Crippen molar-refractivity contribution in [3.63, 3.8) is 0 Å². The van der Waals surface area contributed by atoms with Gasteiger partial charge in [-0.2, -0.15) is 0 Å². The molecule has 0 aliphatic carbocycles. The van der Waals surface area contributed by atoms with Crippen LogP contribution < -0.4 is 0 Å². The van der Waals surface area contributed by atoms with Gasteiger partial charge in [0, 0.05) is 12.5 Å². The lowest BCUT2D eigenvalue weighted by molar-refractivity contribution is -0.136. The molecule has 2 unspecified atom stereocenters. The first kappa shape index (κ1) is 13.1. The highest BCUT2D eigenvalue weighted by Crippen LogP contribution is 2.33. The van der Waals surface area contributed by atoms with E-state index in [4.69, 9.17) is 0 Å². The fraction of sp³-hybridized carbons (Fsp3) is 0.562. The second-order valence-corrected chi connectivity index (χ2v) is 5.41. The van der Waals surface area contributed by atoms with Crippen LogP contribution in [0.4, 0.5) is 0 Å². The smallest absolute Gasteiger partial charge is 0.225 e. The molecule has 0 bridgehead atoms. The summed E-state index contributed by atoms with van der Waals surface area (Å²) in [5.74, 6) is 0.469. The van der Waals surface area contributed by atoms with Crippen molar-refractivity contribution in [3.05, 3.63) is 35.4 Å². The number of aryl methyl sites for hydroxylation is 1. The van der Waals surface area contributed by atoms with Crippen molar-refractivity contribution in [2.75, 3.05) is 6.54 Å². The zero-order valence-corrected chi connectivity index (χ0v) is 11.6. The minimum absolute atomic E-state index is 0.149. The Hall–Kier alpha value is -1.31. The van der Waals surface area contributed by atoms with Crippen LogP contribution in [0.15, 0.2) is 24.3 Å². The van der Waals surface area contributed by atoms with Gasteiger partial charge >= 0.3 is 0 Å². The van der Waals surface area contributed by atoms with Gasteiger partial charge in [-0.05, 0) is 31.7 Å². The van der Waals surface area contributed by atoms with Crippen molar-refractivity contribution in [1.82, 2.24) is 4.90 Å². The molecule has 1 aliphatic heterocycles. The van der Waals surface area contributed by atoms with Crippen LogP contribution in [0.1, 0.15) is 50.3 Å². The zero-order chi connectivity index (χ0) is 13.1. The van der Waals surface area contributed by atoms with Crippen LogP contribution >= 0.6 is 0 Å². The number of likely N-dealkylation sites (tertiary alicyclic amines) is 1. The van der Waals surface area contributed by atoms with Crippen molar-refractivity contribution in [1.29, 1.82) is 0 Å². The summed E-state index contributed by atoms with van der Waals surface area (Å²) >= 11 is 0. The highest BCUT2D eigenvalue weighted by Gasteiger charge is 2.31. The summed E-state index contributed by atoms with van der Waals surface area (Å²) in [5, 5.41) is 0. The van der Waals surface area contributed by atoms with Gasteiger partial charge in [-0.1, -0.05) is 43.7 Å². The van der Waals surface area contributed by atoms with Gasteiger partial charge in [0.05, 0.1) is 6.04 Å². The summed E-state index contributed by atoms with van der Waals surface area (Å²) in [4.78, 5) is 14.4. The van der Waals surface area contributed by atoms with E-state index < -0.39 is 0 Å². The molecule has 1 fully saturated rings. The van der Waals surface area contributed by atoms with Crippen molar-refractivity contribution < 1.29 is 4.79 Å². The highest BCUT2D eigenvalue weighted by atomic mass is 16.2. The van der Waals surface area contributed by atoms with E-state index >= 15 is 0 Å². The molecule has 1 saturated heterocycles. The van der Waals surface area contributed by atoms with Gasteiger partial charge in [-0.3, -0.25) is 4.79 Å². The van der Waals surface area contributed by atoms with E-state index in [1.807, 2.05) is 6.92 Å². The number of rotatable bonds is 3. The number of benzene rings is 1. The fourth-order valence-corrected chi connectivity index (χ4v) is 2.62. The molecule has 2 atom stereocenters. The zero-order valence-electron chi connectivity index (χ0n) is 11.6. The molecule has 0 spiro atoms. The summed E-state index contributed by atoms with van der Waals surface area (Å²) in [6, 6.07) is 8.91. The van der Waals surface area contributed by atoms with Crippen LogP contribution in [0.3, 0.4) is 0 Å². The monoisotopic (exact) mass is 245 g/mol. The molecular formula is C16H23NO. The maximum Gasteiger partial charge on any atom is 0.225 e. The fourth-order valence-electron chi connectivity index (χ4n) is 2.62. The van der Waals surface area contributed by atoms with E-state index in [-0.39, 0.29) is 5.92 Å². The third-order valence-corrected chi connectivity index (χ3v) is 4.03. The Morgan fingerprint density at radius 1 is 1.39 bits per heavy atom. The first-order valence-corrected chi connectivity index (χ1v) is 7.00. The molecule has 1 aliphatic rings. The van der Waals surface area contributed by atoms with Crippen LogP contribution in [-0.2, 0) is 4.79 Å². The first-order chi connectivity index (χ1) is 8.63. The minimum Gasteiger partial charge on any atom is -0.335 e. The quantitative estimate of drug-likeness (QED) is 0.795. The Bertz CT molecular complexity index is 410.